The average molecular weight is 358 g/mol. The zero-order valence-electron chi connectivity index (χ0n) is 15.7. The standard InChI is InChI=1S/C22H30O4/c1-3-14(21(25)26)18-11-19(24)22(2)9-8-16-15-7-5-13(23)10-12(15)4-6-17(16)20(18)22/h5,7,10,14,16-20,23-24H,3-4,6,8-9,11H2,1-2H3,(H,25,26)/t14?,16-,17-,18-,19+,20-,22-/m1/s1. The van der Waals surface area contributed by atoms with Gasteiger partial charge >= 0.3 is 5.97 Å². The minimum atomic E-state index is -0.711. The fourth-order valence-electron chi connectivity index (χ4n) is 6.79. The molecular formula is C22H30O4. The summed E-state index contributed by atoms with van der Waals surface area (Å²) in [6.45, 7) is 4.15. The highest BCUT2D eigenvalue weighted by Gasteiger charge is 2.60. The maximum atomic E-state index is 11.9. The lowest BCUT2D eigenvalue weighted by atomic mass is 9.53. The van der Waals surface area contributed by atoms with E-state index in [0.29, 0.717) is 30.4 Å². The van der Waals surface area contributed by atoms with E-state index in [-0.39, 0.29) is 23.2 Å². The lowest BCUT2D eigenvalue weighted by Gasteiger charge is -2.52. The molecule has 4 nitrogen and oxygen atoms in total. The van der Waals surface area contributed by atoms with Crippen LogP contribution in [0.25, 0.3) is 0 Å². The van der Waals surface area contributed by atoms with Crippen molar-refractivity contribution in [3.63, 3.8) is 0 Å². The molecule has 3 aliphatic rings. The minimum absolute atomic E-state index is 0.0592. The molecule has 26 heavy (non-hydrogen) atoms. The molecule has 0 spiro atoms. The van der Waals surface area contributed by atoms with Gasteiger partial charge in [-0.15, -0.1) is 0 Å². The molecule has 3 aliphatic carbocycles. The van der Waals surface area contributed by atoms with Gasteiger partial charge in [-0.2, -0.15) is 0 Å². The van der Waals surface area contributed by atoms with Crippen LogP contribution < -0.4 is 0 Å². The summed E-state index contributed by atoms with van der Waals surface area (Å²) in [5.74, 6) is 0.434. The summed E-state index contributed by atoms with van der Waals surface area (Å²) in [7, 11) is 0. The van der Waals surface area contributed by atoms with Crippen LogP contribution >= 0.6 is 0 Å². The summed E-state index contributed by atoms with van der Waals surface area (Å²) in [5, 5.41) is 30.5. The Hall–Kier alpha value is -1.55. The number of carboxylic acids is 1. The van der Waals surface area contributed by atoms with Gasteiger partial charge in [-0.05, 0) is 90.9 Å². The van der Waals surface area contributed by atoms with E-state index in [9.17, 15) is 20.1 Å². The van der Waals surface area contributed by atoms with Gasteiger partial charge in [0.05, 0.1) is 12.0 Å². The van der Waals surface area contributed by atoms with Crippen molar-refractivity contribution < 1.29 is 20.1 Å². The average Bonchev–Trinajstić information content (AvgIpc) is 2.86. The van der Waals surface area contributed by atoms with Crippen molar-refractivity contribution in [2.45, 2.75) is 64.4 Å². The predicted octanol–water partition coefficient (Wildman–Crippen LogP) is 3.95. The van der Waals surface area contributed by atoms with Gasteiger partial charge in [0.15, 0.2) is 0 Å². The highest BCUT2D eigenvalue weighted by Crippen LogP contribution is 2.64. The number of benzene rings is 1. The topological polar surface area (TPSA) is 77.8 Å². The Morgan fingerprint density at radius 2 is 2.12 bits per heavy atom. The quantitative estimate of drug-likeness (QED) is 0.765. The number of fused-ring (bicyclic) bond motifs is 5. The molecule has 4 heteroatoms. The van der Waals surface area contributed by atoms with Gasteiger partial charge in [0.2, 0.25) is 0 Å². The van der Waals surface area contributed by atoms with Crippen molar-refractivity contribution in [3.05, 3.63) is 29.3 Å². The van der Waals surface area contributed by atoms with Gasteiger partial charge in [-0.3, -0.25) is 4.79 Å². The summed E-state index contributed by atoms with van der Waals surface area (Å²) in [6.07, 6.45) is 4.81. The van der Waals surface area contributed by atoms with Crippen LogP contribution in [0.4, 0.5) is 0 Å². The molecule has 2 fully saturated rings. The Balaban J connectivity index is 1.73. The molecule has 4 rings (SSSR count). The second-order valence-corrected chi connectivity index (χ2v) is 9.03. The number of hydrogen-bond donors (Lipinski definition) is 3. The zero-order valence-corrected chi connectivity index (χ0v) is 15.7. The molecule has 0 amide bonds. The van der Waals surface area contributed by atoms with Crippen molar-refractivity contribution in [2.75, 3.05) is 0 Å². The number of rotatable bonds is 3. The molecule has 0 aliphatic heterocycles. The maximum absolute atomic E-state index is 11.9. The second kappa shape index (κ2) is 6.26. The van der Waals surface area contributed by atoms with Crippen molar-refractivity contribution in [2.24, 2.45) is 29.1 Å². The number of phenols is 1. The highest BCUT2D eigenvalue weighted by molar-refractivity contribution is 5.70. The van der Waals surface area contributed by atoms with E-state index in [4.69, 9.17) is 0 Å². The molecule has 0 radical (unpaired) electrons. The van der Waals surface area contributed by atoms with Crippen LogP contribution in [0.15, 0.2) is 18.2 Å². The summed E-state index contributed by atoms with van der Waals surface area (Å²) in [6, 6.07) is 5.74. The first-order valence-electron chi connectivity index (χ1n) is 10.1. The van der Waals surface area contributed by atoms with Crippen molar-refractivity contribution in [1.82, 2.24) is 0 Å². The smallest absolute Gasteiger partial charge is 0.306 e. The molecule has 1 unspecified atom stereocenters. The van der Waals surface area contributed by atoms with E-state index in [1.807, 2.05) is 13.0 Å². The molecule has 2 saturated carbocycles. The van der Waals surface area contributed by atoms with E-state index in [1.165, 1.54) is 11.1 Å². The normalized spacial score (nSPS) is 39.6. The highest BCUT2D eigenvalue weighted by atomic mass is 16.4. The molecule has 1 aromatic rings. The maximum Gasteiger partial charge on any atom is 0.306 e. The van der Waals surface area contributed by atoms with Crippen LogP contribution in [0.3, 0.4) is 0 Å². The first kappa shape index (κ1) is 17.8. The number of phenolic OH excluding ortho intramolecular Hbond substituents is 1. The largest absolute Gasteiger partial charge is 0.508 e. The first-order chi connectivity index (χ1) is 12.4. The number of hydrogen-bond acceptors (Lipinski definition) is 3. The van der Waals surface area contributed by atoms with E-state index in [1.54, 1.807) is 6.07 Å². The van der Waals surface area contributed by atoms with Crippen LogP contribution in [-0.4, -0.2) is 27.4 Å². The predicted molar refractivity (Wildman–Crippen MR) is 99.0 cm³/mol. The Labute approximate surface area is 155 Å². The summed E-state index contributed by atoms with van der Waals surface area (Å²) in [5.41, 5.74) is 2.42. The Morgan fingerprint density at radius 3 is 2.81 bits per heavy atom. The molecule has 0 saturated heterocycles. The van der Waals surface area contributed by atoms with Gasteiger partial charge in [-0.1, -0.05) is 19.9 Å². The summed E-state index contributed by atoms with van der Waals surface area (Å²) < 4.78 is 0. The van der Waals surface area contributed by atoms with Crippen LogP contribution in [-0.2, 0) is 11.2 Å². The fourth-order valence-corrected chi connectivity index (χ4v) is 6.79. The van der Waals surface area contributed by atoms with Crippen LogP contribution in [0.5, 0.6) is 5.75 Å². The lowest BCUT2D eigenvalue weighted by molar-refractivity contribution is -0.145. The molecule has 0 heterocycles. The van der Waals surface area contributed by atoms with Crippen molar-refractivity contribution in [3.8, 4) is 5.75 Å². The van der Waals surface area contributed by atoms with E-state index in [0.717, 1.165) is 25.7 Å². The Morgan fingerprint density at radius 1 is 1.35 bits per heavy atom. The summed E-state index contributed by atoms with van der Waals surface area (Å²) >= 11 is 0. The van der Waals surface area contributed by atoms with E-state index in [2.05, 4.69) is 13.0 Å². The van der Waals surface area contributed by atoms with Gasteiger partial charge in [-0.25, -0.2) is 0 Å². The summed E-state index contributed by atoms with van der Waals surface area (Å²) in [4.78, 5) is 11.9. The number of carbonyl (C=O) groups is 1. The first-order valence-corrected chi connectivity index (χ1v) is 10.1. The molecule has 0 aromatic heterocycles. The van der Waals surface area contributed by atoms with E-state index < -0.39 is 12.1 Å². The van der Waals surface area contributed by atoms with Gasteiger partial charge in [0, 0.05) is 0 Å². The van der Waals surface area contributed by atoms with Crippen LogP contribution in [0, 0.1) is 29.1 Å². The number of aryl methyl sites for hydroxylation is 1. The molecule has 0 bridgehead atoms. The van der Waals surface area contributed by atoms with Crippen molar-refractivity contribution >= 4 is 5.97 Å². The van der Waals surface area contributed by atoms with Gasteiger partial charge < -0.3 is 15.3 Å². The van der Waals surface area contributed by atoms with Gasteiger partial charge in [0.25, 0.3) is 0 Å². The zero-order chi connectivity index (χ0) is 18.6. The fraction of sp³-hybridized carbons (Fsp3) is 0.682. The second-order valence-electron chi connectivity index (χ2n) is 9.03. The lowest BCUT2D eigenvalue weighted by Crippen LogP contribution is -2.46. The third-order valence-electron chi connectivity index (χ3n) is 8.00. The minimum Gasteiger partial charge on any atom is -0.508 e. The van der Waals surface area contributed by atoms with E-state index >= 15 is 0 Å². The Kier molecular flexibility index (Phi) is 4.30. The molecule has 142 valence electrons. The third-order valence-corrected chi connectivity index (χ3v) is 8.00. The monoisotopic (exact) mass is 358 g/mol. The number of aliphatic hydroxyl groups is 1. The molecular weight excluding hydrogens is 328 g/mol. The van der Waals surface area contributed by atoms with Crippen LogP contribution in [0.1, 0.15) is 63.0 Å². The molecule has 3 N–H and O–H groups in total. The van der Waals surface area contributed by atoms with Crippen molar-refractivity contribution in [1.29, 1.82) is 0 Å². The molecule has 1 aromatic carbocycles. The number of carboxylic acid groups (broad SMARTS) is 1. The SMILES string of the molecule is CCC(C(=O)O)[C@H]1C[C@H](O)[C@@]2(C)CC[C@@H]3c4ccc(O)cc4CC[C@H]3[C@H]12. The number of aliphatic carboxylic acids is 1. The number of aromatic hydroxyl groups is 1. The third kappa shape index (κ3) is 2.49. The van der Waals surface area contributed by atoms with Crippen LogP contribution in [0.2, 0.25) is 0 Å². The van der Waals surface area contributed by atoms with Gasteiger partial charge in [0.1, 0.15) is 5.75 Å². The Bertz CT molecular complexity index is 714. The number of aliphatic hydroxyl groups excluding tert-OH is 1. The molecule has 7 atom stereocenters.